The fraction of sp³-hybridized carbons (Fsp3) is 0.920. The summed E-state index contributed by atoms with van der Waals surface area (Å²) in [6.45, 7) is 3.60. The Balaban J connectivity index is 4.17. The van der Waals surface area contributed by atoms with E-state index in [0.717, 1.165) is 38.5 Å². The van der Waals surface area contributed by atoms with Crippen molar-refractivity contribution in [3.63, 3.8) is 0 Å². The van der Waals surface area contributed by atoms with Crippen molar-refractivity contribution in [1.29, 1.82) is 0 Å². The molecule has 0 aromatic heterocycles. The Morgan fingerprint density at radius 3 is 1.57 bits per heavy atom. The van der Waals surface area contributed by atoms with E-state index in [0.29, 0.717) is 12.8 Å². The highest BCUT2D eigenvalue weighted by Gasteiger charge is 2.33. The maximum absolute atomic E-state index is 12.5. The van der Waals surface area contributed by atoms with Gasteiger partial charge < -0.3 is 15.3 Å². The minimum absolute atomic E-state index is 0.138. The monoisotopic (exact) mass is 428 g/mol. The number of aliphatic hydroxyl groups excluding tert-OH is 3. The van der Waals surface area contributed by atoms with Crippen LogP contribution in [-0.2, 0) is 9.59 Å². The van der Waals surface area contributed by atoms with Crippen LogP contribution in [0.1, 0.15) is 123 Å². The third-order valence-corrected chi connectivity index (χ3v) is 5.95. The van der Waals surface area contributed by atoms with Crippen molar-refractivity contribution in [1.82, 2.24) is 0 Å². The van der Waals surface area contributed by atoms with Gasteiger partial charge >= 0.3 is 0 Å². The van der Waals surface area contributed by atoms with Gasteiger partial charge in [-0.2, -0.15) is 0 Å². The van der Waals surface area contributed by atoms with Gasteiger partial charge in [0.05, 0.1) is 12.5 Å². The normalized spacial score (nSPS) is 14.4. The van der Waals surface area contributed by atoms with E-state index in [-0.39, 0.29) is 5.78 Å². The first-order valence-electron chi connectivity index (χ1n) is 12.5. The highest BCUT2D eigenvalue weighted by atomic mass is 16.4. The third kappa shape index (κ3) is 14.3. The molecule has 0 bridgehead atoms. The second kappa shape index (κ2) is 20.1. The van der Waals surface area contributed by atoms with Crippen molar-refractivity contribution in [2.24, 2.45) is 5.92 Å². The molecule has 0 saturated carbocycles. The van der Waals surface area contributed by atoms with Crippen LogP contribution in [0.4, 0.5) is 0 Å². The topological polar surface area (TPSA) is 94.8 Å². The molecule has 0 aliphatic carbocycles. The van der Waals surface area contributed by atoms with E-state index in [1.165, 1.54) is 57.8 Å². The molecule has 3 unspecified atom stereocenters. The largest absolute Gasteiger partial charge is 0.394 e. The minimum Gasteiger partial charge on any atom is -0.394 e. The summed E-state index contributed by atoms with van der Waals surface area (Å²) in [4.78, 5) is 25.0. The van der Waals surface area contributed by atoms with Crippen molar-refractivity contribution < 1.29 is 24.9 Å². The van der Waals surface area contributed by atoms with E-state index in [1.54, 1.807) is 0 Å². The van der Waals surface area contributed by atoms with Crippen molar-refractivity contribution in [3.05, 3.63) is 0 Å². The predicted octanol–water partition coefficient (Wildman–Crippen LogP) is 5.13. The van der Waals surface area contributed by atoms with Crippen LogP contribution in [0.3, 0.4) is 0 Å². The number of carbonyl (C=O) groups excluding carboxylic acids is 2. The fourth-order valence-corrected chi connectivity index (χ4v) is 3.87. The molecular weight excluding hydrogens is 380 g/mol. The second-order valence-electron chi connectivity index (χ2n) is 8.75. The lowest BCUT2D eigenvalue weighted by Gasteiger charge is -2.21. The van der Waals surface area contributed by atoms with Crippen LogP contribution in [0.15, 0.2) is 0 Å². The number of aliphatic hydroxyl groups is 3. The number of rotatable bonds is 22. The van der Waals surface area contributed by atoms with E-state index in [2.05, 4.69) is 13.8 Å². The first kappa shape index (κ1) is 29.2. The van der Waals surface area contributed by atoms with Crippen LogP contribution >= 0.6 is 0 Å². The maximum atomic E-state index is 12.5. The first-order chi connectivity index (χ1) is 14.5. The lowest BCUT2D eigenvalue weighted by atomic mass is 9.86. The summed E-state index contributed by atoms with van der Waals surface area (Å²) in [5, 5.41) is 28.5. The zero-order valence-electron chi connectivity index (χ0n) is 19.6. The number of hydrogen-bond donors (Lipinski definition) is 3. The Morgan fingerprint density at radius 1 is 0.667 bits per heavy atom. The van der Waals surface area contributed by atoms with Crippen LogP contribution in [-0.4, -0.2) is 45.7 Å². The van der Waals surface area contributed by atoms with Gasteiger partial charge in [0.2, 0.25) is 0 Å². The summed E-state index contributed by atoms with van der Waals surface area (Å²) in [6, 6.07) is 0. The van der Waals surface area contributed by atoms with Crippen molar-refractivity contribution >= 4 is 11.6 Å². The average molecular weight is 429 g/mol. The lowest BCUT2D eigenvalue weighted by molar-refractivity contribution is -0.144. The average Bonchev–Trinajstić information content (AvgIpc) is 2.75. The zero-order chi connectivity index (χ0) is 22.6. The summed E-state index contributed by atoms with van der Waals surface area (Å²) in [6.07, 6.45) is 14.8. The number of hydrogen-bond acceptors (Lipinski definition) is 5. The predicted molar refractivity (Wildman–Crippen MR) is 122 cm³/mol. The molecule has 0 aliphatic rings. The van der Waals surface area contributed by atoms with Crippen LogP contribution in [0, 0.1) is 5.92 Å². The lowest BCUT2D eigenvalue weighted by Crippen LogP contribution is -2.42. The SMILES string of the molecule is CCCCCCCCCCCCCCC(C(=O)CCCCC)C(=O)C(O)C(O)CO. The molecule has 0 rings (SSSR count). The summed E-state index contributed by atoms with van der Waals surface area (Å²) >= 11 is 0. The van der Waals surface area contributed by atoms with Crippen LogP contribution in [0.5, 0.6) is 0 Å². The molecule has 5 nitrogen and oxygen atoms in total. The van der Waals surface area contributed by atoms with E-state index < -0.39 is 30.5 Å². The van der Waals surface area contributed by atoms with Crippen molar-refractivity contribution in [2.75, 3.05) is 6.61 Å². The highest BCUT2D eigenvalue weighted by molar-refractivity contribution is 6.04. The number of unbranched alkanes of at least 4 members (excludes halogenated alkanes) is 13. The molecule has 0 saturated heterocycles. The minimum atomic E-state index is -1.69. The van der Waals surface area contributed by atoms with Crippen molar-refractivity contribution in [2.45, 2.75) is 135 Å². The molecule has 0 amide bonds. The van der Waals surface area contributed by atoms with E-state index in [1.807, 2.05) is 0 Å². The first-order valence-corrected chi connectivity index (χ1v) is 12.5. The van der Waals surface area contributed by atoms with Gasteiger partial charge in [-0.3, -0.25) is 9.59 Å². The van der Waals surface area contributed by atoms with Gasteiger partial charge in [0.25, 0.3) is 0 Å². The van der Waals surface area contributed by atoms with Gasteiger partial charge in [-0.25, -0.2) is 0 Å². The quantitative estimate of drug-likeness (QED) is 0.164. The van der Waals surface area contributed by atoms with E-state index >= 15 is 0 Å². The van der Waals surface area contributed by atoms with Gasteiger partial charge in [0.15, 0.2) is 5.78 Å². The summed E-state index contributed by atoms with van der Waals surface area (Å²) in [5.74, 6) is -1.64. The Morgan fingerprint density at radius 2 is 1.10 bits per heavy atom. The second-order valence-corrected chi connectivity index (χ2v) is 8.75. The Kier molecular flexibility index (Phi) is 19.6. The molecule has 0 aromatic carbocycles. The molecular formula is C25H48O5. The zero-order valence-corrected chi connectivity index (χ0v) is 19.6. The van der Waals surface area contributed by atoms with Gasteiger partial charge in [0.1, 0.15) is 18.0 Å². The van der Waals surface area contributed by atoms with Crippen LogP contribution in [0.2, 0.25) is 0 Å². The molecule has 5 heteroatoms. The maximum Gasteiger partial charge on any atom is 0.174 e. The van der Waals surface area contributed by atoms with Crippen molar-refractivity contribution in [3.8, 4) is 0 Å². The molecule has 0 aliphatic heterocycles. The molecule has 0 fully saturated rings. The fourth-order valence-electron chi connectivity index (χ4n) is 3.87. The number of carbonyl (C=O) groups is 2. The Labute approximate surface area is 184 Å². The Hall–Kier alpha value is -0.780. The molecule has 30 heavy (non-hydrogen) atoms. The summed E-state index contributed by atoms with van der Waals surface area (Å²) in [7, 11) is 0. The molecule has 0 heterocycles. The van der Waals surface area contributed by atoms with Crippen LogP contribution in [0.25, 0.3) is 0 Å². The van der Waals surface area contributed by atoms with Crippen LogP contribution < -0.4 is 0 Å². The highest BCUT2D eigenvalue weighted by Crippen LogP contribution is 2.20. The summed E-state index contributed by atoms with van der Waals surface area (Å²) in [5.41, 5.74) is 0. The third-order valence-electron chi connectivity index (χ3n) is 5.95. The molecule has 0 aromatic rings. The molecule has 3 atom stereocenters. The smallest absolute Gasteiger partial charge is 0.174 e. The number of ketones is 2. The summed E-state index contributed by atoms with van der Waals surface area (Å²) < 4.78 is 0. The molecule has 0 spiro atoms. The van der Waals surface area contributed by atoms with Gasteiger partial charge in [-0.1, -0.05) is 104 Å². The molecule has 0 radical (unpaired) electrons. The van der Waals surface area contributed by atoms with Gasteiger partial charge in [-0.05, 0) is 12.8 Å². The molecule has 178 valence electrons. The standard InChI is InChI=1S/C25H48O5/c1-3-5-7-8-9-10-11-12-13-14-15-17-18-21(22(27)19-16-6-4-2)24(29)25(30)23(28)20-26/h21,23,25-26,28,30H,3-20H2,1-2H3. The van der Waals surface area contributed by atoms with E-state index in [4.69, 9.17) is 5.11 Å². The van der Waals surface area contributed by atoms with Gasteiger partial charge in [-0.15, -0.1) is 0 Å². The number of Topliss-reactive ketones (excluding diaryl/α,β-unsaturated/α-hetero) is 2. The Bertz CT molecular complexity index is 424. The van der Waals surface area contributed by atoms with Gasteiger partial charge in [0, 0.05) is 6.42 Å². The van der Waals surface area contributed by atoms with E-state index in [9.17, 15) is 19.8 Å². The molecule has 3 N–H and O–H groups in total.